The van der Waals surface area contributed by atoms with Crippen LogP contribution in [0.25, 0.3) is 0 Å². The van der Waals surface area contributed by atoms with Gasteiger partial charge in [-0.25, -0.2) is 9.82 Å². The number of aryl methyl sites for hydroxylation is 1. The van der Waals surface area contributed by atoms with Gasteiger partial charge in [-0.3, -0.25) is 5.84 Å². The van der Waals surface area contributed by atoms with E-state index in [1.807, 2.05) is 25.1 Å². The van der Waals surface area contributed by atoms with Crippen LogP contribution in [0.3, 0.4) is 0 Å². The van der Waals surface area contributed by atoms with Crippen LogP contribution in [0.4, 0.5) is 4.39 Å². The molecule has 0 amide bonds. The highest BCUT2D eigenvalue weighted by Gasteiger charge is 2.29. The molecule has 110 valence electrons. The number of halogens is 1. The van der Waals surface area contributed by atoms with Crippen molar-refractivity contribution in [3.8, 4) is 0 Å². The quantitative estimate of drug-likeness (QED) is 0.673. The van der Waals surface area contributed by atoms with E-state index in [1.165, 1.54) is 17.7 Å². The molecule has 0 aromatic heterocycles. The lowest BCUT2D eigenvalue weighted by atomic mass is 9.89. The fourth-order valence-corrected chi connectivity index (χ4v) is 3.00. The smallest absolute Gasteiger partial charge is 0.123 e. The molecule has 2 aromatic rings. The minimum Gasteiger partial charge on any atom is -0.371 e. The Hall–Kier alpha value is -1.75. The molecule has 0 bridgehead atoms. The fraction of sp³-hybridized carbons (Fsp3) is 0.294. The molecule has 1 aliphatic heterocycles. The predicted octanol–water partition coefficient (Wildman–Crippen LogP) is 2.95. The van der Waals surface area contributed by atoms with Gasteiger partial charge in [-0.15, -0.1) is 0 Å². The third-order valence-electron chi connectivity index (χ3n) is 3.94. The van der Waals surface area contributed by atoms with Crippen molar-refractivity contribution < 1.29 is 9.13 Å². The normalized spacial score (nSPS) is 19.1. The zero-order valence-corrected chi connectivity index (χ0v) is 12.0. The van der Waals surface area contributed by atoms with Crippen molar-refractivity contribution >= 4 is 0 Å². The SMILES string of the molecule is Cc1cc(F)cc(C(NN)C2OCCc3ccccc32)c1. The maximum Gasteiger partial charge on any atom is 0.123 e. The monoisotopic (exact) mass is 286 g/mol. The Morgan fingerprint density at radius 3 is 2.86 bits per heavy atom. The van der Waals surface area contributed by atoms with E-state index in [2.05, 4.69) is 17.6 Å². The summed E-state index contributed by atoms with van der Waals surface area (Å²) in [5.74, 6) is 5.49. The highest BCUT2D eigenvalue weighted by Crippen LogP contribution is 2.36. The van der Waals surface area contributed by atoms with E-state index in [0.717, 1.165) is 23.1 Å². The molecule has 2 aromatic carbocycles. The molecular formula is C17H19FN2O. The van der Waals surface area contributed by atoms with Crippen LogP contribution >= 0.6 is 0 Å². The van der Waals surface area contributed by atoms with E-state index in [-0.39, 0.29) is 18.0 Å². The lowest BCUT2D eigenvalue weighted by Gasteiger charge is -2.32. The summed E-state index contributed by atoms with van der Waals surface area (Å²) in [6, 6.07) is 12.9. The van der Waals surface area contributed by atoms with Gasteiger partial charge in [-0.2, -0.15) is 0 Å². The van der Waals surface area contributed by atoms with E-state index < -0.39 is 0 Å². The minimum atomic E-state index is -0.277. The van der Waals surface area contributed by atoms with Gasteiger partial charge in [-0.05, 0) is 47.7 Å². The highest BCUT2D eigenvalue weighted by atomic mass is 19.1. The standard InChI is InChI=1S/C17H19FN2O/c1-11-8-13(10-14(18)9-11)16(20-19)17-15-5-3-2-4-12(15)6-7-21-17/h2-5,8-10,16-17,20H,6-7,19H2,1H3. The Morgan fingerprint density at radius 2 is 2.10 bits per heavy atom. The van der Waals surface area contributed by atoms with E-state index in [1.54, 1.807) is 0 Å². The molecular weight excluding hydrogens is 267 g/mol. The van der Waals surface area contributed by atoms with Gasteiger partial charge >= 0.3 is 0 Å². The molecule has 0 fully saturated rings. The van der Waals surface area contributed by atoms with E-state index in [4.69, 9.17) is 10.6 Å². The van der Waals surface area contributed by atoms with Crippen LogP contribution in [0.2, 0.25) is 0 Å². The van der Waals surface area contributed by atoms with Gasteiger partial charge in [0.15, 0.2) is 0 Å². The topological polar surface area (TPSA) is 47.3 Å². The van der Waals surface area contributed by atoms with Crippen LogP contribution in [0.5, 0.6) is 0 Å². The second kappa shape index (κ2) is 5.93. The molecule has 21 heavy (non-hydrogen) atoms. The fourth-order valence-electron chi connectivity index (χ4n) is 3.00. The molecule has 3 nitrogen and oxygen atoms in total. The molecule has 0 radical (unpaired) electrons. The number of hydrazine groups is 1. The van der Waals surface area contributed by atoms with Crippen molar-refractivity contribution in [2.75, 3.05) is 6.61 Å². The zero-order chi connectivity index (χ0) is 14.8. The van der Waals surface area contributed by atoms with E-state index in [9.17, 15) is 4.39 Å². The molecule has 1 aliphatic rings. The first-order valence-electron chi connectivity index (χ1n) is 7.11. The molecule has 0 saturated carbocycles. The minimum absolute atomic E-state index is 0.207. The summed E-state index contributed by atoms with van der Waals surface area (Å²) in [7, 11) is 0. The van der Waals surface area contributed by atoms with Crippen LogP contribution < -0.4 is 11.3 Å². The third-order valence-corrected chi connectivity index (χ3v) is 3.94. The van der Waals surface area contributed by atoms with Gasteiger partial charge in [0.1, 0.15) is 11.9 Å². The van der Waals surface area contributed by atoms with Gasteiger partial charge in [0, 0.05) is 0 Å². The number of fused-ring (bicyclic) bond motifs is 1. The van der Waals surface area contributed by atoms with Crippen LogP contribution in [0.15, 0.2) is 42.5 Å². The summed E-state index contributed by atoms with van der Waals surface area (Å²) < 4.78 is 19.6. The van der Waals surface area contributed by atoms with Crippen LogP contribution in [-0.2, 0) is 11.2 Å². The first kappa shape index (κ1) is 14.2. The molecule has 0 spiro atoms. The number of nitrogens with one attached hydrogen (secondary N) is 1. The van der Waals surface area contributed by atoms with Crippen LogP contribution in [0, 0.1) is 12.7 Å². The molecule has 0 aliphatic carbocycles. The van der Waals surface area contributed by atoms with Gasteiger partial charge in [0.05, 0.1) is 12.6 Å². The molecule has 1 heterocycles. The summed E-state index contributed by atoms with van der Waals surface area (Å²) in [6.07, 6.45) is 0.688. The van der Waals surface area contributed by atoms with Crippen molar-refractivity contribution in [3.05, 3.63) is 70.5 Å². The Morgan fingerprint density at radius 1 is 1.29 bits per heavy atom. The van der Waals surface area contributed by atoms with E-state index >= 15 is 0 Å². The summed E-state index contributed by atoms with van der Waals surface area (Å²) in [4.78, 5) is 0. The Kier molecular flexibility index (Phi) is 4.01. The third kappa shape index (κ3) is 2.83. The van der Waals surface area contributed by atoms with Crippen LogP contribution in [-0.4, -0.2) is 6.61 Å². The Bertz CT molecular complexity index is 624. The van der Waals surface area contributed by atoms with Crippen molar-refractivity contribution in [2.24, 2.45) is 5.84 Å². The van der Waals surface area contributed by atoms with Crippen molar-refractivity contribution in [2.45, 2.75) is 25.5 Å². The zero-order valence-electron chi connectivity index (χ0n) is 12.0. The van der Waals surface area contributed by atoms with E-state index in [0.29, 0.717) is 6.61 Å². The van der Waals surface area contributed by atoms with Crippen LogP contribution in [0.1, 0.15) is 34.4 Å². The molecule has 3 rings (SSSR count). The first-order chi connectivity index (χ1) is 10.2. The first-order valence-corrected chi connectivity index (χ1v) is 7.11. The molecule has 2 unspecified atom stereocenters. The average Bonchev–Trinajstić information content (AvgIpc) is 2.47. The average molecular weight is 286 g/mol. The molecule has 3 N–H and O–H groups in total. The number of ether oxygens (including phenoxy) is 1. The number of hydrogen-bond acceptors (Lipinski definition) is 3. The second-order valence-electron chi connectivity index (χ2n) is 5.45. The largest absolute Gasteiger partial charge is 0.371 e. The molecule has 0 saturated heterocycles. The summed E-state index contributed by atoms with van der Waals surface area (Å²) >= 11 is 0. The molecule has 4 heteroatoms. The van der Waals surface area contributed by atoms with Gasteiger partial charge < -0.3 is 4.74 Å². The van der Waals surface area contributed by atoms with Gasteiger partial charge in [-0.1, -0.05) is 30.3 Å². The summed E-state index contributed by atoms with van der Waals surface area (Å²) in [5, 5.41) is 0. The maximum absolute atomic E-state index is 13.7. The number of benzene rings is 2. The molecule has 2 atom stereocenters. The lowest BCUT2D eigenvalue weighted by Crippen LogP contribution is -2.35. The Balaban J connectivity index is 2.01. The lowest BCUT2D eigenvalue weighted by molar-refractivity contribution is 0.0146. The number of hydrogen-bond donors (Lipinski definition) is 2. The number of nitrogens with two attached hydrogens (primary N) is 1. The van der Waals surface area contributed by atoms with Crippen molar-refractivity contribution in [1.29, 1.82) is 0 Å². The van der Waals surface area contributed by atoms with Crippen molar-refractivity contribution in [1.82, 2.24) is 5.43 Å². The summed E-state index contributed by atoms with van der Waals surface area (Å²) in [5.41, 5.74) is 6.85. The van der Waals surface area contributed by atoms with Crippen molar-refractivity contribution in [3.63, 3.8) is 0 Å². The Labute approximate surface area is 123 Å². The van der Waals surface area contributed by atoms with Gasteiger partial charge in [0.2, 0.25) is 0 Å². The van der Waals surface area contributed by atoms with Gasteiger partial charge in [0.25, 0.3) is 0 Å². The highest BCUT2D eigenvalue weighted by molar-refractivity contribution is 5.35. The summed E-state index contributed by atoms with van der Waals surface area (Å²) in [6.45, 7) is 2.52. The predicted molar refractivity (Wildman–Crippen MR) is 80.0 cm³/mol. The second-order valence-corrected chi connectivity index (χ2v) is 5.45. The number of rotatable bonds is 3. The maximum atomic E-state index is 13.7.